The average Bonchev–Trinajstić information content (AvgIpc) is 3.51. The van der Waals surface area contributed by atoms with Crippen molar-refractivity contribution in [2.45, 2.75) is 12.1 Å². The molecule has 160 valence electrons. The van der Waals surface area contributed by atoms with Crippen LogP contribution in [0.4, 0.5) is 5.95 Å². The first-order valence-electron chi connectivity index (χ1n) is 9.49. The molecule has 0 saturated heterocycles. The normalized spacial score (nSPS) is 11.2. The van der Waals surface area contributed by atoms with E-state index >= 15 is 0 Å². The number of aryl methyl sites for hydroxylation is 1. The first kappa shape index (κ1) is 21.1. The van der Waals surface area contributed by atoms with Gasteiger partial charge in [-0.1, -0.05) is 65.3 Å². The highest BCUT2D eigenvalue weighted by atomic mass is 35.5. The molecule has 0 atom stereocenters. The smallest absolute Gasteiger partial charge is 0.241 e. The van der Waals surface area contributed by atoms with Crippen LogP contribution in [0.1, 0.15) is 5.56 Å². The lowest BCUT2D eigenvalue weighted by atomic mass is 10.2. The highest BCUT2D eigenvalue weighted by molar-refractivity contribution is 7.99. The molecule has 5 aromatic rings. The third kappa shape index (κ3) is 4.40. The van der Waals surface area contributed by atoms with E-state index in [0.717, 1.165) is 26.8 Å². The van der Waals surface area contributed by atoms with Crippen molar-refractivity contribution in [2.24, 2.45) is 0 Å². The van der Waals surface area contributed by atoms with Crippen LogP contribution in [0.15, 0.2) is 59.1 Å². The standard InChI is InChI=1S/C21H15ClN6OS3/c1-12-2-4-14(5-3-12)18-24-19(27-32-18)23-17(29)11-31-21-26-25-20-28(21)16(10-30-20)13-6-8-15(22)9-7-13/h2-10H,11H2,1H3,(H,23,27,29). The molecule has 0 aliphatic heterocycles. The van der Waals surface area contributed by atoms with E-state index in [9.17, 15) is 4.79 Å². The van der Waals surface area contributed by atoms with Crippen molar-refractivity contribution >= 4 is 63.0 Å². The highest BCUT2D eigenvalue weighted by Gasteiger charge is 2.16. The van der Waals surface area contributed by atoms with Gasteiger partial charge in [-0.3, -0.25) is 14.5 Å². The lowest BCUT2D eigenvalue weighted by Gasteiger charge is -2.03. The van der Waals surface area contributed by atoms with Crippen LogP contribution < -0.4 is 5.32 Å². The summed E-state index contributed by atoms with van der Waals surface area (Å²) in [4.78, 5) is 17.7. The van der Waals surface area contributed by atoms with Crippen molar-refractivity contribution in [1.29, 1.82) is 0 Å². The van der Waals surface area contributed by atoms with E-state index in [-0.39, 0.29) is 11.7 Å². The van der Waals surface area contributed by atoms with Gasteiger partial charge in [0, 0.05) is 16.0 Å². The molecule has 11 heteroatoms. The second-order valence-corrected chi connectivity index (χ2v) is 9.82. The lowest BCUT2D eigenvalue weighted by molar-refractivity contribution is -0.113. The molecular formula is C21H15ClN6OS3. The second kappa shape index (κ2) is 8.99. The minimum atomic E-state index is -0.205. The van der Waals surface area contributed by atoms with Crippen molar-refractivity contribution in [1.82, 2.24) is 24.0 Å². The van der Waals surface area contributed by atoms with Gasteiger partial charge in [0.2, 0.25) is 16.8 Å². The molecule has 32 heavy (non-hydrogen) atoms. The molecule has 1 N–H and O–H groups in total. The van der Waals surface area contributed by atoms with Gasteiger partial charge in [0.25, 0.3) is 0 Å². The quantitative estimate of drug-likeness (QED) is 0.304. The highest BCUT2D eigenvalue weighted by Crippen LogP contribution is 2.30. The minimum absolute atomic E-state index is 0.162. The number of carbonyl (C=O) groups excluding carboxylic acids is 1. The van der Waals surface area contributed by atoms with Gasteiger partial charge in [-0.25, -0.2) is 0 Å². The molecule has 5 rings (SSSR count). The summed E-state index contributed by atoms with van der Waals surface area (Å²) in [5.41, 5.74) is 4.11. The van der Waals surface area contributed by atoms with Gasteiger partial charge < -0.3 is 0 Å². The molecule has 1 amide bonds. The largest absolute Gasteiger partial charge is 0.293 e. The fraction of sp³-hybridized carbons (Fsp3) is 0.0952. The predicted octanol–water partition coefficient (Wildman–Crippen LogP) is 5.67. The molecule has 0 spiro atoms. The topological polar surface area (TPSA) is 85.1 Å². The number of aromatic nitrogens is 5. The molecule has 0 aliphatic rings. The Labute approximate surface area is 200 Å². The Morgan fingerprint density at radius 3 is 2.62 bits per heavy atom. The number of nitrogens with zero attached hydrogens (tertiary/aromatic N) is 5. The van der Waals surface area contributed by atoms with E-state index in [0.29, 0.717) is 16.1 Å². The Balaban J connectivity index is 1.27. The van der Waals surface area contributed by atoms with Crippen molar-refractivity contribution in [3.63, 3.8) is 0 Å². The monoisotopic (exact) mass is 498 g/mol. The average molecular weight is 499 g/mol. The summed E-state index contributed by atoms with van der Waals surface area (Å²) in [6.45, 7) is 2.03. The Morgan fingerprint density at radius 2 is 1.84 bits per heavy atom. The van der Waals surface area contributed by atoms with E-state index in [1.165, 1.54) is 40.2 Å². The number of hydrogen-bond donors (Lipinski definition) is 1. The van der Waals surface area contributed by atoms with Crippen LogP contribution in [0.5, 0.6) is 0 Å². The summed E-state index contributed by atoms with van der Waals surface area (Å²) >= 11 is 10.1. The number of thiazole rings is 1. The summed E-state index contributed by atoms with van der Waals surface area (Å²) in [7, 11) is 0. The first-order chi connectivity index (χ1) is 15.6. The Hall–Kier alpha value is -2.79. The molecule has 2 aromatic carbocycles. The van der Waals surface area contributed by atoms with Crippen molar-refractivity contribution in [3.05, 3.63) is 64.5 Å². The van der Waals surface area contributed by atoms with E-state index in [4.69, 9.17) is 11.6 Å². The van der Waals surface area contributed by atoms with Crippen LogP contribution >= 0.6 is 46.2 Å². The third-order valence-corrected chi connectivity index (χ3v) is 7.33. The minimum Gasteiger partial charge on any atom is -0.293 e. The SMILES string of the molecule is Cc1ccc(-c2nc(NC(=O)CSc3nnc4scc(-c5ccc(Cl)cc5)n34)ns2)cc1. The molecule has 0 fully saturated rings. The Bertz CT molecular complexity index is 1390. The molecule has 3 aromatic heterocycles. The summed E-state index contributed by atoms with van der Waals surface area (Å²) in [6.07, 6.45) is 0. The summed E-state index contributed by atoms with van der Waals surface area (Å²) in [6, 6.07) is 15.6. The summed E-state index contributed by atoms with van der Waals surface area (Å²) in [5.74, 6) is 0.263. The van der Waals surface area contributed by atoms with Crippen LogP contribution in [-0.4, -0.2) is 35.6 Å². The number of rotatable bonds is 6. The zero-order valence-corrected chi connectivity index (χ0v) is 19.9. The van der Waals surface area contributed by atoms with Gasteiger partial charge in [0.15, 0.2) is 5.16 Å². The molecule has 0 saturated carbocycles. The lowest BCUT2D eigenvalue weighted by Crippen LogP contribution is -2.15. The number of thioether (sulfide) groups is 1. The van der Waals surface area contributed by atoms with E-state index < -0.39 is 0 Å². The number of nitrogens with one attached hydrogen (secondary N) is 1. The number of carbonyl (C=O) groups is 1. The maximum absolute atomic E-state index is 12.5. The van der Waals surface area contributed by atoms with Crippen molar-refractivity contribution in [2.75, 3.05) is 11.1 Å². The number of fused-ring (bicyclic) bond motifs is 1. The van der Waals surface area contributed by atoms with Crippen molar-refractivity contribution in [3.8, 4) is 21.8 Å². The number of amides is 1. The van der Waals surface area contributed by atoms with E-state index in [1.807, 2.05) is 65.2 Å². The fourth-order valence-corrected chi connectivity index (χ4v) is 5.38. The summed E-state index contributed by atoms with van der Waals surface area (Å²) < 4.78 is 6.20. The number of anilines is 1. The first-order valence-corrected chi connectivity index (χ1v) is 12.5. The van der Waals surface area contributed by atoms with Crippen LogP contribution in [0.3, 0.4) is 0 Å². The maximum atomic E-state index is 12.5. The molecule has 0 bridgehead atoms. The van der Waals surface area contributed by atoms with Crippen LogP contribution in [-0.2, 0) is 4.79 Å². The fourth-order valence-electron chi connectivity index (χ4n) is 2.99. The molecule has 0 aliphatic carbocycles. The zero-order valence-electron chi connectivity index (χ0n) is 16.7. The van der Waals surface area contributed by atoms with Gasteiger partial charge in [-0.05, 0) is 36.2 Å². The number of halogens is 1. The second-order valence-electron chi connectivity index (χ2n) is 6.85. The Morgan fingerprint density at radius 1 is 1.09 bits per heavy atom. The van der Waals surface area contributed by atoms with E-state index in [2.05, 4.69) is 24.9 Å². The van der Waals surface area contributed by atoms with E-state index in [1.54, 1.807) is 0 Å². The van der Waals surface area contributed by atoms with Gasteiger partial charge in [-0.15, -0.1) is 21.5 Å². The van der Waals surface area contributed by atoms with Crippen molar-refractivity contribution < 1.29 is 4.79 Å². The molecule has 3 heterocycles. The van der Waals surface area contributed by atoms with Crippen LogP contribution in [0, 0.1) is 6.92 Å². The van der Waals surface area contributed by atoms with Gasteiger partial charge >= 0.3 is 0 Å². The number of benzene rings is 2. The van der Waals surface area contributed by atoms with Gasteiger partial charge in [0.1, 0.15) is 5.01 Å². The maximum Gasteiger partial charge on any atom is 0.241 e. The van der Waals surface area contributed by atoms with Crippen LogP contribution in [0.25, 0.3) is 26.8 Å². The Kier molecular flexibility index (Phi) is 5.92. The zero-order chi connectivity index (χ0) is 22.1. The molecule has 0 unspecified atom stereocenters. The third-order valence-electron chi connectivity index (χ3n) is 4.57. The van der Waals surface area contributed by atoms with Gasteiger partial charge in [-0.2, -0.15) is 9.36 Å². The predicted molar refractivity (Wildman–Crippen MR) is 131 cm³/mol. The van der Waals surface area contributed by atoms with Crippen LogP contribution in [0.2, 0.25) is 5.02 Å². The molecule has 0 radical (unpaired) electrons. The number of hydrogen-bond acceptors (Lipinski definition) is 8. The molecule has 7 nitrogen and oxygen atoms in total. The summed E-state index contributed by atoms with van der Waals surface area (Å²) in [5, 5.41) is 15.3. The molecular weight excluding hydrogens is 484 g/mol. The van der Waals surface area contributed by atoms with Gasteiger partial charge in [0.05, 0.1) is 11.4 Å².